The second-order valence-corrected chi connectivity index (χ2v) is 2.66. The third-order valence-corrected chi connectivity index (χ3v) is 1.72. The topological polar surface area (TPSA) is 107 Å². The lowest BCUT2D eigenvalue weighted by Gasteiger charge is -2.07. The van der Waals surface area contributed by atoms with Crippen LogP contribution in [-0.2, 0) is 9.53 Å². The summed E-state index contributed by atoms with van der Waals surface area (Å²) in [7, 11) is 0. The zero-order valence-electron chi connectivity index (χ0n) is 6.86. The number of hydrogen-bond acceptors (Lipinski definition) is 4. The van der Waals surface area contributed by atoms with E-state index in [1.54, 1.807) is 0 Å². The van der Waals surface area contributed by atoms with E-state index in [2.05, 4.69) is 10.1 Å². The van der Waals surface area contributed by atoms with Crippen molar-refractivity contribution in [2.45, 2.75) is 18.6 Å². The van der Waals surface area contributed by atoms with Crippen LogP contribution in [-0.4, -0.2) is 30.7 Å². The quantitative estimate of drug-likeness (QED) is 0.526. The molecule has 0 bridgehead atoms. The fourth-order valence-corrected chi connectivity index (χ4v) is 1.17. The van der Waals surface area contributed by atoms with Gasteiger partial charge in [-0.15, -0.1) is 12.4 Å². The van der Waals surface area contributed by atoms with Crippen molar-refractivity contribution in [3.05, 3.63) is 0 Å². The van der Waals surface area contributed by atoms with Gasteiger partial charge in [-0.05, 0) is 0 Å². The fourth-order valence-electron chi connectivity index (χ4n) is 1.17. The van der Waals surface area contributed by atoms with Gasteiger partial charge < -0.3 is 21.5 Å². The summed E-state index contributed by atoms with van der Waals surface area (Å²) < 4.78 is 4.66. The number of carbonyl (C=O) groups excluding carboxylic acids is 2. The van der Waals surface area contributed by atoms with Crippen LogP contribution in [0.5, 0.6) is 0 Å². The summed E-state index contributed by atoms with van der Waals surface area (Å²) in [6, 6.07) is -0.408. The van der Waals surface area contributed by atoms with Gasteiger partial charge in [0.25, 0.3) is 0 Å². The van der Waals surface area contributed by atoms with E-state index in [4.69, 9.17) is 11.5 Å². The maximum Gasteiger partial charge on any atom is 0.404 e. The van der Waals surface area contributed by atoms with Crippen molar-refractivity contribution in [1.29, 1.82) is 0 Å². The molecule has 1 heterocycles. The summed E-state index contributed by atoms with van der Waals surface area (Å²) in [5.74, 6) is -0.439. The molecular weight excluding hydrogens is 198 g/mol. The van der Waals surface area contributed by atoms with Crippen molar-refractivity contribution in [1.82, 2.24) is 5.32 Å². The lowest BCUT2D eigenvalue weighted by molar-refractivity contribution is -0.119. The first-order valence-electron chi connectivity index (χ1n) is 3.58. The predicted molar refractivity (Wildman–Crippen MR) is 47.3 cm³/mol. The monoisotopic (exact) mass is 209 g/mol. The van der Waals surface area contributed by atoms with E-state index in [-0.39, 0.29) is 18.5 Å². The van der Waals surface area contributed by atoms with E-state index in [1.807, 2.05) is 0 Å². The van der Waals surface area contributed by atoms with Crippen LogP contribution in [0.4, 0.5) is 4.79 Å². The van der Waals surface area contributed by atoms with E-state index < -0.39 is 18.0 Å². The van der Waals surface area contributed by atoms with Crippen LogP contribution in [0.1, 0.15) is 6.42 Å². The van der Waals surface area contributed by atoms with Gasteiger partial charge in [0.05, 0.1) is 6.04 Å². The molecule has 76 valence electrons. The first-order chi connectivity index (χ1) is 5.59. The van der Waals surface area contributed by atoms with Crippen LogP contribution >= 0.6 is 12.4 Å². The van der Waals surface area contributed by atoms with Crippen LogP contribution in [0.2, 0.25) is 0 Å². The first kappa shape index (κ1) is 12.0. The molecule has 7 heteroatoms. The normalized spacial score (nSPS) is 26.2. The Morgan fingerprint density at radius 2 is 2.00 bits per heavy atom. The molecule has 6 nitrogen and oxygen atoms in total. The van der Waals surface area contributed by atoms with Gasteiger partial charge in [-0.2, -0.15) is 0 Å². The van der Waals surface area contributed by atoms with Crippen molar-refractivity contribution >= 4 is 24.4 Å². The van der Waals surface area contributed by atoms with Gasteiger partial charge in [0.2, 0.25) is 5.91 Å². The zero-order chi connectivity index (χ0) is 9.14. The molecule has 1 saturated heterocycles. The Morgan fingerprint density at radius 3 is 2.38 bits per heavy atom. The number of nitrogens with two attached hydrogens (primary N) is 2. The lowest BCUT2D eigenvalue weighted by atomic mass is 10.2. The molecule has 0 aromatic rings. The molecule has 0 aromatic heterocycles. The Bertz CT molecular complexity index is 211. The fraction of sp³-hybridized carbons (Fsp3) is 0.667. The Hall–Kier alpha value is -1.01. The molecule has 5 N–H and O–H groups in total. The minimum absolute atomic E-state index is 0. The van der Waals surface area contributed by atoms with Crippen LogP contribution in [0.3, 0.4) is 0 Å². The number of hydrogen-bond donors (Lipinski definition) is 3. The summed E-state index contributed by atoms with van der Waals surface area (Å²) in [4.78, 5) is 20.9. The SMILES string of the molecule is Cl.NC(=O)O[C@H]1CN[C@H](C(N)=O)C1. The van der Waals surface area contributed by atoms with Crippen molar-refractivity contribution in [2.75, 3.05) is 6.54 Å². The Kier molecular flexibility index (Phi) is 4.50. The number of rotatable bonds is 2. The maximum atomic E-state index is 10.6. The van der Waals surface area contributed by atoms with E-state index in [9.17, 15) is 9.59 Å². The molecule has 1 aliphatic heterocycles. The van der Waals surface area contributed by atoms with Gasteiger partial charge in [0.1, 0.15) is 6.10 Å². The van der Waals surface area contributed by atoms with Gasteiger partial charge in [0.15, 0.2) is 0 Å². The molecule has 0 spiro atoms. The molecule has 0 saturated carbocycles. The lowest BCUT2D eigenvalue weighted by Crippen LogP contribution is -2.36. The molecule has 13 heavy (non-hydrogen) atoms. The molecule has 1 aliphatic rings. The van der Waals surface area contributed by atoms with Crippen molar-refractivity contribution in [3.63, 3.8) is 0 Å². The molecular formula is C6H12ClN3O3. The number of nitrogens with one attached hydrogen (secondary N) is 1. The summed E-state index contributed by atoms with van der Waals surface area (Å²) >= 11 is 0. The highest BCUT2D eigenvalue weighted by atomic mass is 35.5. The number of amides is 2. The van der Waals surface area contributed by atoms with E-state index >= 15 is 0 Å². The zero-order valence-corrected chi connectivity index (χ0v) is 7.67. The minimum Gasteiger partial charge on any atom is -0.445 e. The highest BCUT2D eigenvalue weighted by Crippen LogP contribution is 2.09. The minimum atomic E-state index is -0.827. The van der Waals surface area contributed by atoms with E-state index in [1.165, 1.54) is 0 Å². The third kappa shape index (κ3) is 3.47. The molecule has 0 radical (unpaired) electrons. The Morgan fingerprint density at radius 1 is 1.38 bits per heavy atom. The Labute approximate surface area is 81.4 Å². The summed E-state index contributed by atoms with van der Waals surface area (Å²) in [5.41, 5.74) is 9.81. The second kappa shape index (κ2) is 4.88. The Balaban J connectivity index is 0.00000144. The number of primary amides is 2. The predicted octanol–water partition coefficient (Wildman–Crippen LogP) is -1.28. The van der Waals surface area contributed by atoms with Gasteiger partial charge in [-0.25, -0.2) is 4.79 Å². The van der Waals surface area contributed by atoms with Gasteiger partial charge in [-0.1, -0.05) is 0 Å². The third-order valence-electron chi connectivity index (χ3n) is 1.72. The molecule has 2 atom stereocenters. The maximum absolute atomic E-state index is 10.6. The largest absolute Gasteiger partial charge is 0.445 e. The molecule has 1 rings (SSSR count). The summed E-state index contributed by atoms with van der Waals surface area (Å²) in [6.45, 7) is 0.427. The van der Waals surface area contributed by atoms with Crippen molar-refractivity contribution in [3.8, 4) is 0 Å². The highest BCUT2D eigenvalue weighted by molar-refractivity contribution is 5.85. The average molecular weight is 210 g/mol. The average Bonchev–Trinajstić information content (AvgIpc) is 2.34. The molecule has 0 unspecified atom stereocenters. The van der Waals surface area contributed by atoms with E-state index in [0.717, 1.165) is 0 Å². The standard InChI is InChI=1S/C6H11N3O3.ClH/c7-5(10)4-1-3(2-9-4)12-6(8)11;/h3-4,9H,1-2H2,(H2,7,10)(H2,8,11);1H/t3-,4+;/m1./s1. The summed E-state index contributed by atoms with van der Waals surface area (Å²) in [5, 5.41) is 2.80. The molecule has 0 aliphatic carbocycles. The van der Waals surface area contributed by atoms with Crippen LogP contribution in [0, 0.1) is 0 Å². The van der Waals surface area contributed by atoms with Gasteiger partial charge in [-0.3, -0.25) is 4.79 Å². The second-order valence-electron chi connectivity index (χ2n) is 2.66. The molecule has 2 amide bonds. The van der Waals surface area contributed by atoms with Gasteiger partial charge in [0, 0.05) is 13.0 Å². The van der Waals surface area contributed by atoms with Crippen molar-refractivity contribution < 1.29 is 14.3 Å². The number of carbonyl (C=O) groups is 2. The van der Waals surface area contributed by atoms with Crippen LogP contribution in [0.15, 0.2) is 0 Å². The van der Waals surface area contributed by atoms with E-state index in [0.29, 0.717) is 13.0 Å². The van der Waals surface area contributed by atoms with Crippen LogP contribution in [0.25, 0.3) is 0 Å². The first-order valence-corrected chi connectivity index (χ1v) is 3.58. The van der Waals surface area contributed by atoms with Crippen molar-refractivity contribution in [2.24, 2.45) is 11.5 Å². The smallest absolute Gasteiger partial charge is 0.404 e. The molecule has 1 fully saturated rings. The summed E-state index contributed by atoms with van der Waals surface area (Å²) in [6.07, 6.45) is -0.759. The van der Waals surface area contributed by atoms with Gasteiger partial charge >= 0.3 is 6.09 Å². The highest BCUT2D eigenvalue weighted by Gasteiger charge is 2.29. The molecule has 0 aromatic carbocycles. The number of halogens is 1. The van der Waals surface area contributed by atoms with Crippen LogP contribution < -0.4 is 16.8 Å². The number of ether oxygens (including phenoxy) is 1.